The molecule has 2 aliphatic rings. The van der Waals surface area contributed by atoms with E-state index in [0.717, 1.165) is 19.6 Å². The van der Waals surface area contributed by atoms with E-state index in [1.807, 2.05) is 0 Å². The van der Waals surface area contributed by atoms with E-state index in [4.69, 9.17) is 4.74 Å². The van der Waals surface area contributed by atoms with Crippen molar-refractivity contribution in [3.8, 4) is 0 Å². The van der Waals surface area contributed by atoms with Crippen LogP contribution in [0.3, 0.4) is 0 Å². The first kappa shape index (κ1) is 10.7. The fraction of sp³-hybridized carbons (Fsp3) is 0.692. The van der Waals surface area contributed by atoms with Crippen LogP contribution >= 0.6 is 0 Å². The van der Waals surface area contributed by atoms with Crippen molar-refractivity contribution in [2.75, 3.05) is 13.2 Å². The van der Waals surface area contributed by atoms with Crippen molar-refractivity contribution in [3.63, 3.8) is 0 Å². The van der Waals surface area contributed by atoms with Crippen LogP contribution in [0.2, 0.25) is 0 Å². The van der Waals surface area contributed by atoms with Crippen LogP contribution in [-0.2, 0) is 4.74 Å². The van der Waals surface area contributed by atoms with E-state index in [0.29, 0.717) is 5.92 Å². The lowest BCUT2D eigenvalue weighted by molar-refractivity contribution is -0.0589. The number of hydrogen-bond acceptors (Lipinski definition) is 2. The molecule has 0 aromatic carbocycles. The van der Waals surface area contributed by atoms with Crippen molar-refractivity contribution in [3.05, 3.63) is 23.4 Å². The largest absolute Gasteiger partial charge is 0.376 e. The Hall–Kier alpha value is -0.760. The fourth-order valence-corrected chi connectivity index (χ4v) is 2.17. The molecule has 0 bridgehead atoms. The molecule has 15 heavy (non-hydrogen) atoms. The van der Waals surface area contributed by atoms with Gasteiger partial charge in [-0.25, -0.2) is 0 Å². The van der Waals surface area contributed by atoms with Gasteiger partial charge >= 0.3 is 0 Å². The molecular formula is C13H21NO. The van der Waals surface area contributed by atoms with Crippen molar-refractivity contribution in [2.24, 2.45) is 5.92 Å². The van der Waals surface area contributed by atoms with Crippen LogP contribution < -0.4 is 5.32 Å². The summed E-state index contributed by atoms with van der Waals surface area (Å²) in [5, 5.41) is 3.63. The quantitative estimate of drug-likeness (QED) is 0.768. The van der Waals surface area contributed by atoms with Crippen molar-refractivity contribution in [1.29, 1.82) is 0 Å². The first-order valence-electron chi connectivity index (χ1n) is 5.87. The number of ether oxygens (including phenoxy) is 1. The van der Waals surface area contributed by atoms with Crippen LogP contribution in [-0.4, -0.2) is 18.8 Å². The second-order valence-electron chi connectivity index (χ2n) is 5.19. The van der Waals surface area contributed by atoms with E-state index in [9.17, 15) is 0 Å². The molecule has 1 aliphatic carbocycles. The molecule has 2 nitrogen and oxygen atoms in total. The summed E-state index contributed by atoms with van der Waals surface area (Å²) >= 11 is 0. The third kappa shape index (κ3) is 2.25. The van der Waals surface area contributed by atoms with Gasteiger partial charge in [-0.15, -0.1) is 0 Å². The Kier molecular flexibility index (Phi) is 2.87. The van der Waals surface area contributed by atoms with Gasteiger partial charge in [0.05, 0.1) is 18.8 Å². The maximum absolute atomic E-state index is 5.27. The molecule has 0 amide bonds. The highest BCUT2D eigenvalue weighted by Gasteiger charge is 2.34. The zero-order valence-electron chi connectivity index (χ0n) is 9.97. The van der Waals surface area contributed by atoms with Crippen molar-refractivity contribution < 1.29 is 4.74 Å². The van der Waals surface area contributed by atoms with Crippen LogP contribution in [0.15, 0.2) is 23.4 Å². The lowest BCUT2D eigenvalue weighted by atomic mass is 9.91. The Labute approximate surface area is 92.4 Å². The molecule has 2 heteroatoms. The molecule has 0 unspecified atom stereocenters. The molecule has 0 radical (unpaired) electrons. The smallest absolute Gasteiger partial charge is 0.0811 e. The molecule has 1 saturated heterocycles. The number of hydrogen-bond donors (Lipinski definition) is 1. The normalized spacial score (nSPS) is 24.3. The minimum Gasteiger partial charge on any atom is -0.376 e. The topological polar surface area (TPSA) is 21.3 Å². The Morgan fingerprint density at radius 1 is 1.27 bits per heavy atom. The average molecular weight is 207 g/mol. The van der Waals surface area contributed by atoms with Gasteiger partial charge in [-0.1, -0.05) is 26.0 Å². The monoisotopic (exact) mass is 207 g/mol. The highest BCUT2D eigenvalue weighted by Crippen LogP contribution is 2.27. The van der Waals surface area contributed by atoms with Crippen LogP contribution in [0, 0.1) is 5.92 Å². The lowest BCUT2D eigenvalue weighted by Crippen LogP contribution is -2.57. The van der Waals surface area contributed by atoms with E-state index >= 15 is 0 Å². The Bertz CT molecular complexity index is 298. The van der Waals surface area contributed by atoms with Gasteiger partial charge in [0, 0.05) is 5.70 Å². The standard InChI is InChI=1S/C13H21NO/c1-10(2)11-6-4-5-7-12(11)14-13(3)8-15-9-13/h6-7,10,14H,4-5,8-9H2,1-3H3. The van der Waals surface area contributed by atoms with Gasteiger partial charge in [-0.05, 0) is 31.3 Å². The maximum atomic E-state index is 5.27. The maximum Gasteiger partial charge on any atom is 0.0811 e. The predicted octanol–water partition coefficient (Wildman–Crippen LogP) is 2.63. The fourth-order valence-electron chi connectivity index (χ4n) is 2.17. The van der Waals surface area contributed by atoms with Gasteiger partial charge in [-0.3, -0.25) is 0 Å². The summed E-state index contributed by atoms with van der Waals surface area (Å²) in [6.45, 7) is 8.40. The molecule has 1 N–H and O–H groups in total. The van der Waals surface area contributed by atoms with Crippen LogP contribution in [0.25, 0.3) is 0 Å². The van der Waals surface area contributed by atoms with Gasteiger partial charge in [0.15, 0.2) is 0 Å². The molecule has 0 spiro atoms. The Balaban J connectivity index is 2.06. The highest BCUT2D eigenvalue weighted by molar-refractivity contribution is 5.35. The summed E-state index contributed by atoms with van der Waals surface area (Å²) in [6, 6.07) is 0. The van der Waals surface area contributed by atoms with Crippen molar-refractivity contribution >= 4 is 0 Å². The summed E-state index contributed by atoms with van der Waals surface area (Å²) in [4.78, 5) is 0. The van der Waals surface area contributed by atoms with Gasteiger partial charge in [-0.2, -0.15) is 0 Å². The molecule has 84 valence electrons. The zero-order chi connectivity index (χ0) is 10.9. The number of allylic oxidation sites excluding steroid dienone is 3. The van der Waals surface area contributed by atoms with Crippen molar-refractivity contribution in [1.82, 2.24) is 5.32 Å². The second kappa shape index (κ2) is 4.01. The summed E-state index contributed by atoms with van der Waals surface area (Å²) in [6.07, 6.45) is 7.05. The summed E-state index contributed by atoms with van der Waals surface area (Å²) < 4.78 is 5.27. The van der Waals surface area contributed by atoms with E-state index in [2.05, 4.69) is 38.2 Å². The van der Waals surface area contributed by atoms with E-state index in [1.165, 1.54) is 17.7 Å². The van der Waals surface area contributed by atoms with Crippen LogP contribution in [0.5, 0.6) is 0 Å². The number of nitrogens with one attached hydrogen (secondary N) is 1. The van der Waals surface area contributed by atoms with Gasteiger partial charge in [0.2, 0.25) is 0 Å². The minimum atomic E-state index is 0.164. The minimum absolute atomic E-state index is 0.164. The highest BCUT2D eigenvalue weighted by atomic mass is 16.5. The first-order valence-corrected chi connectivity index (χ1v) is 5.87. The third-order valence-electron chi connectivity index (χ3n) is 3.09. The van der Waals surface area contributed by atoms with E-state index < -0.39 is 0 Å². The predicted molar refractivity (Wildman–Crippen MR) is 62.6 cm³/mol. The molecule has 1 fully saturated rings. The van der Waals surface area contributed by atoms with Crippen LogP contribution in [0.1, 0.15) is 33.6 Å². The van der Waals surface area contributed by atoms with Crippen LogP contribution in [0.4, 0.5) is 0 Å². The molecule has 2 rings (SSSR count). The van der Waals surface area contributed by atoms with Gasteiger partial charge < -0.3 is 10.1 Å². The first-order chi connectivity index (χ1) is 7.11. The molecule has 0 saturated carbocycles. The molecule has 0 aromatic rings. The summed E-state index contributed by atoms with van der Waals surface area (Å²) in [7, 11) is 0. The molecule has 1 aliphatic heterocycles. The van der Waals surface area contributed by atoms with Gasteiger partial charge in [0.25, 0.3) is 0 Å². The molecule has 0 aromatic heterocycles. The molecule has 1 heterocycles. The summed E-state index contributed by atoms with van der Waals surface area (Å²) in [5.74, 6) is 0.605. The molecular weight excluding hydrogens is 186 g/mol. The van der Waals surface area contributed by atoms with Crippen molar-refractivity contribution in [2.45, 2.75) is 39.2 Å². The van der Waals surface area contributed by atoms with Gasteiger partial charge in [0.1, 0.15) is 0 Å². The zero-order valence-corrected chi connectivity index (χ0v) is 9.97. The van der Waals surface area contributed by atoms with E-state index in [-0.39, 0.29) is 5.54 Å². The third-order valence-corrected chi connectivity index (χ3v) is 3.09. The van der Waals surface area contributed by atoms with E-state index in [1.54, 1.807) is 0 Å². The SMILES string of the molecule is CC(C)C1=CCCC=C1NC1(C)COC1. The average Bonchev–Trinajstić information content (AvgIpc) is 2.16. The molecule has 0 atom stereocenters. The lowest BCUT2D eigenvalue weighted by Gasteiger charge is -2.41. The Morgan fingerprint density at radius 2 is 1.93 bits per heavy atom. The summed E-state index contributed by atoms with van der Waals surface area (Å²) in [5.41, 5.74) is 2.97. The number of rotatable bonds is 3. The Morgan fingerprint density at radius 3 is 2.47 bits per heavy atom. The second-order valence-corrected chi connectivity index (χ2v) is 5.19.